The SMILES string of the molecule is CCN(C(=O)c1ccccc1)[C@@H](CCC(=O)O)C(=O)O. The molecule has 1 amide bonds. The van der Waals surface area contributed by atoms with E-state index in [9.17, 15) is 19.5 Å². The smallest absolute Gasteiger partial charge is 0.326 e. The lowest BCUT2D eigenvalue weighted by molar-refractivity contribution is -0.143. The van der Waals surface area contributed by atoms with Gasteiger partial charge in [0.15, 0.2) is 0 Å². The summed E-state index contributed by atoms with van der Waals surface area (Å²) in [6.07, 6.45) is -0.410. The van der Waals surface area contributed by atoms with Gasteiger partial charge in [-0.3, -0.25) is 9.59 Å². The van der Waals surface area contributed by atoms with Gasteiger partial charge in [0, 0.05) is 18.5 Å². The van der Waals surface area contributed by atoms with Crippen molar-refractivity contribution in [2.75, 3.05) is 6.54 Å². The average Bonchev–Trinajstić information content (AvgIpc) is 2.43. The first kappa shape index (κ1) is 15.7. The summed E-state index contributed by atoms with van der Waals surface area (Å²) in [5, 5.41) is 17.9. The van der Waals surface area contributed by atoms with Crippen LogP contribution in [0.1, 0.15) is 30.1 Å². The summed E-state index contributed by atoms with van der Waals surface area (Å²) in [7, 11) is 0. The zero-order valence-electron chi connectivity index (χ0n) is 11.2. The Bertz CT molecular complexity index is 486. The van der Waals surface area contributed by atoms with Crippen molar-refractivity contribution in [3.63, 3.8) is 0 Å². The minimum absolute atomic E-state index is 0.114. The molecule has 0 aromatic heterocycles. The van der Waals surface area contributed by atoms with Crippen LogP contribution in [0.25, 0.3) is 0 Å². The number of hydrogen-bond acceptors (Lipinski definition) is 3. The van der Waals surface area contributed by atoms with E-state index in [2.05, 4.69) is 0 Å². The van der Waals surface area contributed by atoms with Crippen molar-refractivity contribution in [2.45, 2.75) is 25.8 Å². The first-order valence-corrected chi connectivity index (χ1v) is 6.28. The first-order chi connectivity index (χ1) is 9.47. The average molecular weight is 279 g/mol. The zero-order valence-corrected chi connectivity index (χ0v) is 11.2. The van der Waals surface area contributed by atoms with E-state index in [1.165, 1.54) is 4.90 Å². The summed E-state index contributed by atoms with van der Waals surface area (Å²) in [4.78, 5) is 35.3. The lowest BCUT2D eigenvalue weighted by Crippen LogP contribution is -2.45. The topological polar surface area (TPSA) is 94.9 Å². The fourth-order valence-electron chi connectivity index (χ4n) is 1.92. The molecule has 0 aliphatic carbocycles. The van der Waals surface area contributed by atoms with Crippen molar-refractivity contribution < 1.29 is 24.6 Å². The van der Waals surface area contributed by atoms with E-state index in [4.69, 9.17) is 5.11 Å². The normalized spacial score (nSPS) is 11.7. The van der Waals surface area contributed by atoms with Gasteiger partial charge in [0.25, 0.3) is 5.91 Å². The number of carbonyl (C=O) groups excluding carboxylic acids is 1. The largest absolute Gasteiger partial charge is 0.481 e. The van der Waals surface area contributed by atoms with Gasteiger partial charge in [-0.15, -0.1) is 0 Å². The number of carboxylic acids is 2. The van der Waals surface area contributed by atoms with E-state index in [0.29, 0.717) is 5.56 Å². The first-order valence-electron chi connectivity index (χ1n) is 6.28. The van der Waals surface area contributed by atoms with Crippen LogP contribution in [-0.4, -0.2) is 45.5 Å². The second-order valence-corrected chi connectivity index (χ2v) is 4.24. The highest BCUT2D eigenvalue weighted by molar-refractivity contribution is 5.96. The molecule has 1 aromatic carbocycles. The molecule has 2 N–H and O–H groups in total. The van der Waals surface area contributed by atoms with Gasteiger partial charge in [-0.25, -0.2) is 4.79 Å². The van der Waals surface area contributed by atoms with Crippen LogP contribution in [0.2, 0.25) is 0 Å². The van der Waals surface area contributed by atoms with Crippen LogP contribution >= 0.6 is 0 Å². The second kappa shape index (κ2) is 7.28. The van der Waals surface area contributed by atoms with E-state index in [1.807, 2.05) is 0 Å². The molecule has 108 valence electrons. The van der Waals surface area contributed by atoms with Gasteiger partial charge in [-0.05, 0) is 25.5 Å². The Kier molecular flexibility index (Phi) is 5.71. The third-order valence-electron chi connectivity index (χ3n) is 2.92. The Hall–Kier alpha value is -2.37. The third-order valence-corrected chi connectivity index (χ3v) is 2.92. The third kappa shape index (κ3) is 4.08. The molecule has 0 fully saturated rings. The molecule has 0 bridgehead atoms. The maximum Gasteiger partial charge on any atom is 0.326 e. The van der Waals surface area contributed by atoms with Crippen molar-refractivity contribution >= 4 is 17.8 Å². The van der Waals surface area contributed by atoms with Crippen molar-refractivity contribution in [3.05, 3.63) is 35.9 Å². The highest BCUT2D eigenvalue weighted by atomic mass is 16.4. The Morgan fingerprint density at radius 1 is 1.15 bits per heavy atom. The molecule has 0 saturated carbocycles. The standard InChI is InChI=1S/C14H17NO5/c1-2-15(11(14(19)20)8-9-12(16)17)13(18)10-6-4-3-5-7-10/h3-7,11H,2,8-9H2,1H3,(H,16,17)(H,19,20)/t11-/m0/s1. The molecule has 6 heteroatoms. The summed E-state index contributed by atoms with van der Waals surface area (Å²) in [6, 6.07) is 7.19. The van der Waals surface area contributed by atoms with Crippen molar-refractivity contribution in [1.82, 2.24) is 4.90 Å². The second-order valence-electron chi connectivity index (χ2n) is 4.24. The van der Waals surface area contributed by atoms with Crippen LogP contribution in [-0.2, 0) is 9.59 Å². The van der Waals surface area contributed by atoms with E-state index in [0.717, 1.165) is 0 Å². The molecular weight excluding hydrogens is 262 g/mol. The fourth-order valence-corrected chi connectivity index (χ4v) is 1.92. The Morgan fingerprint density at radius 3 is 2.20 bits per heavy atom. The fraction of sp³-hybridized carbons (Fsp3) is 0.357. The van der Waals surface area contributed by atoms with Gasteiger partial charge in [-0.2, -0.15) is 0 Å². The number of hydrogen-bond donors (Lipinski definition) is 2. The number of nitrogens with zero attached hydrogens (tertiary/aromatic N) is 1. The number of rotatable bonds is 7. The van der Waals surface area contributed by atoms with Crippen LogP contribution in [0.5, 0.6) is 0 Å². The Labute approximate surface area is 116 Å². The zero-order chi connectivity index (χ0) is 15.1. The molecule has 6 nitrogen and oxygen atoms in total. The van der Waals surface area contributed by atoms with Crippen molar-refractivity contribution in [1.29, 1.82) is 0 Å². The van der Waals surface area contributed by atoms with E-state index >= 15 is 0 Å². The number of carboxylic acid groups (broad SMARTS) is 2. The van der Waals surface area contributed by atoms with Gasteiger partial charge in [0.1, 0.15) is 6.04 Å². The molecule has 0 aliphatic heterocycles. The van der Waals surface area contributed by atoms with Gasteiger partial charge in [-0.1, -0.05) is 18.2 Å². The predicted molar refractivity (Wildman–Crippen MR) is 71.4 cm³/mol. The van der Waals surface area contributed by atoms with Crippen LogP contribution in [0, 0.1) is 0 Å². The number of likely N-dealkylation sites (N-methyl/N-ethyl adjacent to an activating group) is 1. The molecule has 0 spiro atoms. The number of amides is 1. The monoisotopic (exact) mass is 279 g/mol. The molecule has 0 radical (unpaired) electrons. The van der Waals surface area contributed by atoms with Gasteiger partial charge >= 0.3 is 11.9 Å². The molecule has 20 heavy (non-hydrogen) atoms. The van der Waals surface area contributed by atoms with E-state index < -0.39 is 23.9 Å². The van der Waals surface area contributed by atoms with Gasteiger partial charge in [0.2, 0.25) is 0 Å². The summed E-state index contributed by atoms with van der Waals surface area (Å²) in [5.74, 6) is -2.69. The van der Waals surface area contributed by atoms with Crippen molar-refractivity contribution in [3.8, 4) is 0 Å². The molecule has 1 rings (SSSR count). The molecular formula is C14H17NO5. The van der Waals surface area contributed by atoms with Crippen LogP contribution in [0.3, 0.4) is 0 Å². The lowest BCUT2D eigenvalue weighted by atomic mass is 10.1. The number of benzene rings is 1. The minimum Gasteiger partial charge on any atom is -0.481 e. The molecule has 0 aliphatic rings. The maximum absolute atomic E-state index is 12.3. The van der Waals surface area contributed by atoms with E-state index in [-0.39, 0.29) is 19.4 Å². The number of carbonyl (C=O) groups is 3. The summed E-state index contributed by atoms with van der Waals surface area (Å²) in [6.45, 7) is 1.86. The Morgan fingerprint density at radius 2 is 1.75 bits per heavy atom. The molecule has 1 atom stereocenters. The van der Waals surface area contributed by atoms with Crippen molar-refractivity contribution in [2.24, 2.45) is 0 Å². The lowest BCUT2D eigenvalue weighted by Gasteiger charge is -2.27. The maximum atomic E-state index is 12.3. The predicted octanol–water partition coefficient (Wildman–Crippen LogP) is 1.47. The minimum atomic E-state index is -1.20. The summed E-state index contributed by atoms with van der Waals surface area (Å²) >= 11 is 0. The quantitative estimate of drug-likeness (QED) is 0.788. The molecule has 0 heterocycles. The van der Waals surface area contributed by atoms with Gasteiger partial charge < -0.3 is 15.1 Å². The number of aliphatic carboxylic acids is 2. The van der Waals surface area contributed by atoms with Gasteiger partial charge in [0.05, 0.1) is 0 Å². The highest BCUT2D eigenvalue weighted by Crippen LogP contribution is 2.13. The highest BCUT2D eigenvalue weighted by Gasteiger charge is 2.29. The van der Waals surface area contributed by atoms with Crippen LogP contribution in [0.4, 0.5) is 0 Å². The van der Waals surface area contributed by atoms with Crippen LogP contribution < -0.4 is 0 Å². The van der Waals surface area contributed by atoms with E-state index in [1.54, 1.807) is 37.3 Å². The molecule has 0 unspecified atom stereocenters. The molecule has 0 saturated heterocycles. The van der Waals surface area contributed by atoms with Crippen LogP contribution in [0.15, 0.2) is 30.3 Å². The Balaban J connectivity index is 2.92. The molecule has 1 aromatic rings. The summed E-state index contributed by atoms with van der Waals surface area (Å²) < 4.78 is 0. The summed E-state index contributed by atoms with van der Waals surface area (Å²) in [5.41, 5.74) is 0.385.